The fraction of sp³-hybridized carbons (Fsp3) is 0.333. The zero-order valence-electron chi connectivity index (χ0n) is 13.5. The SMILES string of the molecule is CC.CO[NH2+]c1cc(C)ccc1NCCc1ccccc1. The summed E-state index contributed by atoms with van der Waals surface area (Å²) >= 11 is 0. The van der Waals surface area contributed by atoms with Crippen molar-refractivity contribution in [2.75, 3.05) is 19.0 Å². The van der Waals surface area contributed by atoms with Crippen LogP contribution in [0.3, 0.4) is 0 Å². The van der Waals surface area contributed by atoms with Gasteiger partial charge in [0.25, 0.3) is 0 Å². The van der Waals surface area contributed by atoms with E-state index in [1.165, 1.54) is 11.1 Å². The smallest absolute Gasteiger partial charge is 0.185 e. The lowest BCUT2D eigenvalue weighted by molar-refractivity contribution is -0.829. The van der Waals surface area contributed by atoms with Crippen molar-refractivity contribution in [3.8, 4) is 0 Å². The Labute approximate surface area is 128 Å². The first kappa shape index (κ1) is 17.2. The van der Waals surface area contributed by atoms with Crippen LogP contribution in [-0.2, 0) is 11.3 Å². The van der Waals surface area contributed by atoms with Gasteiger partial charge in [0.05, 0.1) is 12.8 Å². The number of nitrogens with one attached hydrogen (secondary N) is 1. The maximum atomic E-state index is 5.12. The molecule has 3 heteroatoms. The van der Waals surface area contributed by atoms with Gasteiger partial charge in [-0.3, -0.25) is 0 Å². The van der Waals surface area contributed by atoms with E-state index in [1.807, 2.05) is 19.9 Å². The summed E-state index contributed by atoms with van der Waals surface area (Å²) in [6, 6.07) is 16.8. The molecule has 0 radical (unpaired) electrons. The minimum absolute atomic E-state index is 0.914. The van der Waals surface area contributed by atoms with Gasteiger partial charge in [0.15, 0.2) is 5.69 Å². The Bertz CT molecular complexity index is 512. The van der Waals surface area contributed by atoms with Crippen molar-refractivity contribution >= 4 is 11.4 Å². The molecule has 0 unspecified atom stereocenters. The van der Waals surface area contributed by atoms with Crippen molar-refractivity contribution in [2.24, 2.45) is 0 Å². The Morgan fingerprint density at radius 1 is 1.05 bits per heavy atom. The van der Waals surface area contributed by atoms with E-state index in [9.17, 15) is 0 Å². The molecule has 0 fully saturated rings. The van der Waals surface area contributed by atoms with E-state index >= 15 is 0 Å². The van der Waals surface area contributed by atoms with E-state index in [1.54, 1.807) is 12.6 Å². The van der Waals surface area contributed by atoms with Crippen LogP contribution in [0.25, 0.3) is 0 Å². The number of hydrogen-bond acceptors (Lipinski definition) is 2. The van der Waals surface area contributed by atoms with Crippen LogP contribution < -0.4 is 10.8 Å². The van der Waals surface area contributed by atoms with Gasteiger partial charge in [-0.25, -0.2) is 4.84 Å². The van der Waals surface area contributed by atoms with Crippen LogP contribution in [-0.4, -0.2) is 13.7 Å². The first-order valence-corrected chi connectivity index (χ1v) is 7.54. The highest BCUT2D eigenvalue weighted by Crippen LogP contribution is 2.18. The molecule has 0 spiro atoms. The first-order valence-electron chi connectivity index (χ1n) is 7.54. The maximum Gasteiger partial charge on any atom is 0.185 e. The molecule has 0 saturated heterocycles. The van der Waals surface area contributed by atoms with Gasteiger partial charge in [-0.1, -0.05) is 50.2 Å². The first-order chi connectivity index (χ1) is 10.3. The average molecular weight is 287 g/mol. The topological polar surface area (TPSA) is 37.9 Å². The summed E-state index contributed by atoms with van der Waals surface area (Å²) in [5.41, 5.74) is 6.56. The third-order valence-electron chi connectivity index (χ3n) is 3.02. The number of quaternary nitrogens is 1. The molecule has 21 heavy (non-hydrogen) atoms. The van der Waals surface area contributed by atoms with Gasteiger partial charge in [-0.15, -0.1) is 0 Å². The standard InChI is InChI=1S/C16H20N2O.C2H6/c1-13-8-9-15(16(12-13)18-19-2)17-11-10-14-6-4-3-5-7-14;1-2/h3-9,12,17-18H,10-11H2,1-2H3;1-2H3/p+1. The third kappa shape index (κ3) is 5.98. The lowest BCUT2D eigenvalue weighted by Gasteiger charge is -2.09. The summed E-state index contributed by atoms with van der Waals surface area (Å²) in [5.74, 6) is 0. The molecule has 0 aromatic heterocycles. The second kappa shape index (κ2) is 9.97. The molecule has 0 aliphatic heterocycles. The minimum atomic E-state index is 0.914. The van der Waals surface area contributed by atoms with Gasteiger partial charge in [-0.05, 0) is 30.5 Å². The van der Waals surface area contributed by atoms with E-state index in [0.717, 1.165) is 24.3 Å². The van der Waals surface area contributed by atoms with E-state index in [4.69, 9.17) is 4.84 Å². The van der Waals surface area contributed by atoms with Crippen LogP contribution in [0.5, 0.6) is 0 Å². The lowest BCUT2D eigenvalue weighted by Crippen LogP contribution is -2.76. The largest absolute Gasteiger partial charge is 0.380 e. The summed E-state index contributed by atoms with van der Waals surface area (Å²) in [6.07, 6.45) is 1.02. The Morgan fingerprint density at radius 2 is 1.76 bits per heavy atom. The van der Waals surface area contributed by atoms with E-state index < -0.39 is 0 Å². The monoisotopic (exact) mass is 287 g/mol. The summed E-state index contributed by atoms with van der Waals surface area (Å²) in [4.78, 5) is 5.12. The van der Waals surface area contributed by atoms with Gasteiger partial charge in [0.1, 0.15) is 0 Å². The van der Waals surface area contributed by atoms with Crippen molar-refractivity contribution < 1.29 is 10.3 Å². The fourth-order valence-corrected chi connectivity index (χ4v) is 2.05. The Balaban J connectivity index is 0.00000106. The molecule has 0 aliphatic carbocycles. The van der Waals surface area contributed by atoms with Crippen LogP contribution in [0.4, 0.5) is 11.4 Å². The van der Waals surface area contributed by atoms with Crippen molar-refractivity contribution in [2.45, 2.75) is 27.2 Å². The Hall–Kier alpha value is -1.84. The molecule has 0 bridgehead atoms. The zero-order valence-corrected chi connectivity index (χ0v) is 13.5. The minimum Gasteiger partial charge on any atom is -0.380 e. The molecule has 0 amide bonds. The number of aryl methyl sites for hydroxylation is 1. The van der Waals surface area contributed by atoms with Crippen molar-refractivity contribution in [1.82, 2.24) is 0 Å². The molecular weight excluding hydrogens is 260 g/mol. The second-order valence-electron chi connectivity index (χ2n) is 4.61. The number of nitrogens with two attached hydrogens (primary N) is 1. The normalized spacial score (nSPS) is 9.71. The van der Waals surface area contributed by atoms with Crippen LogP contribution >= 0.6 is 0 Å². The molecule has 2 aromatic carbocycles. The third-order valence-corrected chi connectivity index (χ3v) is 3.02. The second-order valence-corrected chi connectivity index (χ2v) is 4.61. The highest BCUT2D eigenvalue weighted by atomic mass is 16.6. The molecule has 3 N–H and O–H groups in total. The summed E-state index contributed by atoms with van der Waals surface area (Å²) in [6.45, 7) is 7.00. The molecular formula is C18H27N2O+. The molecule has 114 valence electrons. The Kier molecular flexibility index (Phi) is 8.17. The molecule has 0 atom stereocenters. The van der Waals surface area contributed by atoms with Gasteiger partial charge in [0, 0.05) is 12.6 Å². The molecule has 0 saturated carbocycles. The average Bonchev–Trinajstić information content (AvgIpc) is 2.53. The predicted molar refractivity (Wildman–Crippen MR) is 89.8 cm³/mol. The van der Waals surface area contributed by atoms with Crippen molar-refractivity contribution in [3.05, 3.63) is 59.7 Å². The number of benzene rings is 2. The summed E-state index contributed by atoms with van der Waals surface area (Å²) in [7, 11) is 1.68. The zero-order chi connectivity index (χ0) is 15.5. The van der Waals surface area contributed by atoms with Gasteiger partial charge in [0.2, 0.25) is 0 Å². The number of hydrogen-bond donors (Lipinski definition) is 2. The maximum absolute atomic E-state index is 5.12. The molecule has 2 rings (SSSR count). The van der Waals surface area contributed by atoms with Crippen LogP contribution in [0, 0.1) is 6.92 Å². The number of rotatable bonds is 6. The number of anilines is 1. The molecule has 0 heterocycles. The van der Waals surface area contributed by atoms with E-state index in [-0.39, 0.29) is 0 Å². The lowest BCUT2D eigenvalue weighted by atomic mass is 10.1. The highest BCUT2D eigenvalue weighted by molar-refractivity contribution is 5.61. The molecule has 2 aromatic rings. The van der Waals surface area contributed by atoms with Crippen molar-refractivity contribution in [3.63, 3.8) is 0 Å². The predicted octanol–water partition coefficient (Wildman–Crippen LogP) is 3.43. The van der Waals surface area contributed by atoms with Gasteiger partial charge >= 0.3 is 0 Å². The fourth-order valence-electron chi connectivity index (χ4n) is 2.05. The van der Waals surface area contributed by atoms with E-state index in [0.29, 0.717) is 0 Å². The highest BCUT2D eigenvalue weighted by Gasteiger charge is 2.06. The quantitative estimate of drug-likeness (QED) is 0.631. The van der Waals surface area contributed by atoms with Crippen molar-refractivity contribution in [1.29, 1.82) is 0 Å². The summed E-state index contributed by atoms with van der Waals surface area (Å²) < 4.78 is 0. The van der Waals surface area contributed by atoms with Crippen LogP contribution in [0.15, 0.2) is 48.5 Å². The molecule has 0 aliphatic rings. The summed E-state index contributed by atoms with van der Waals surface area (Å²) in [5, 5.41) is 3.46. The molecule has 3 nitrogen and oxygen atoms in total. The Morgan fingerprint density at radius 3 is 2.43 bits per heavy atom. The van der Waals surface area contributed by atoms with Gasteiger partial charge < -0.3 is 5.32 Å². The van der Waals surface area contributed by atoms with Gasteiger partial charge in [-0.2, -0.15) is 5.48 Å². The van der Waals surface area contributed by atoms with E-state index in [2.05, 4.69) is 54.7 Å². The van der Waals surface area contributed by atoms with Crippen LogP contribution in [0.1, 0.15) is 25.0 Å². The van der Waals surface area contributed by atoms with Crippen LogP contribution in [0.2, 0.25) is 0 Å².